The van der Waals surface area contributed by atoms with Crippen molar-refractivity contribution in [1.29, 1.82) is 0 Å². The number of rotatable bonds is 6. The Balaban J connectivity index is 1.49. The summed E-state index contributed by atoms with van der Waals surface area (Å²) in [5.41, 5.74) is 0.602. The lowest BCUT2D eigenvalue weighted by molar-refractivity contribution is -0.125. The van der Waals surface area contributed by atoms with Gasteiger partial charge in [-0.2, -0.15) is 0 Å². The molecule has 2 aliphatic rings. The van der Waals surface area contributed by atoms with Crippen LogP contribution in [0.4, 0.5) is 5.69 Å². The van der Waals surface area contributed by atoms with Crippen molar-refractivity contribution in [3.05, 3.63) is 58.1 Å². The Hall–Kier alpha value is -3.39. The van der Waals surface area contributed by atoms with E-state index >= 15 is 0 Å². The topological polar surface area (TPSA) is 102 Å². The number of esters is 1. The van der Waals surface area contributed by atoms with Gasteiger partial charge in [-0.15, -0.1) is 0 Å². The van der Waals surface area contributed by atoms with Gasteiger partial charge in [0.2, 0.25) is 0 Å². The summed E-state index contributed by atoms with van der Waals surface area (Å²) in [5.74, 6) is -1.79. The predicted octanol–water partition coefficient (Wildman–Crippen LogP) is 4.00. The molecule has 0 unspecified atom stereocenters. The largest absolute Gasteiger partial charge is 0.496 e. The average Bonchev–Trinajstić information content (AvgIpc) is 3.09. The lowest BCUT2D eigenvalue weighted by Crippen LogP contribution is -2.42. The quantitative estimate of drug-likeness (QED) is 0.491. The third-order valence-corrected chi connectivity index (χ3v) is 6.62. The molecule has 4 rings (SSSR count). The fraction of sp³-hybridized carbons (Fsp3) is 0.360. The first-order valence-corrected chi connectivity index (χ1v) is 11.5. The summed E-state index contributed by atoms with van der Waals surface area (Å²) >= 11 is 6.37. The van der Waals surface area contributed by atoms with E-state index in [2.05, 4.69) is 12.2 Å². The molecule has 2 aromatic carbocycles. The van der Waals surface area contributed by atoms with Crippen LogP contribution in [0.5, 0.6) is 5.75 Å². The zero-order valence-electron chi connectivity index (χ0n) is 18.9. The molecule has 9 heteroatoms. The van der Waals surface area contributed by atoms with Gasteiger partial charge in [0.15, 0.2) is 6.61 Å². The summed E-state index contributed by atoms with van der Waals surface area (Å²) in [6.07, 6.45) is 4.17. The second-order valence-corrected chi connectivity index (χ2v) is 8.91. The van der Waals surface area contributed by atoms with E-state index in [0.29, 0.717) is 5.92 Å². The molecule has 178 valence electrons. The number of carbonyl (C=O) groups is 4. The van der Waals surface area contributed by atoms with Crippen LogP contribution < -0.4 is 15.0 Å². The van der Waals surface area contributed by atoms with Crippen molar-refractivity contribution in [3.63, 3.8) is 0 Å². The Kier molecular flexibility index (Phi) is 6.88. The minimum atomic E-state index is -0.806. The van der Waals surface area contributed by atoms with E-state index in [1.54, 1.807) is 24.3 Å². The summed E-state index contributed by atoms with van der Waals surface area (Å²) in [4.78, 5) is 51.6. The van der Waals surface area contributed by atoms with Crippen LogP contribution in [0.2, 0.25) is 5.02 Å². The van der Waals surface area contributed by atoms with E-state index < -0.39 is 24.4 Å². The molecule has 2 atom stereocenters. The van der Waals surface area contributed by atoms with E-state index in [1.807, 2.05) is 0 Å². The second kappa shape index (κ2) is 9.85. The molecular formula is C25H25ClN2O6. The molecule has 34 heavy (non-hydrogen) atoms. The van der Waals surface area contributed by atoms with Gasteiger partial charge in [0.25, 0.3) is 17.7 Å². The molecule has 0 aromatic heterocycles. The fourth-order valence-corrected chi connectivity index (χ4v) is 4.69. The summed E-state index contributed by atoms with van der Waals surface area (Å²) in [7, 11) is 1.34. The molecule has 0 saturated heterocycles. The molecular weight excluding hydrogens is 460 g/mol. The van der Waals surface area contributed by atoms with Gasteiger partial charge >= 0.3 is 5.97 Å². The first kappa shape index (κ1) is 23.8. The molecule has 8 nitrogen and oxygen atoms in total. The standard InChI is InChI=1S/C25H25ClN2O6/c1-14-7-3-6-10-19(14)27-22(29)13-34-25(32)17-11-18(26)20(12-21(17)33-2)28-23(30)15-8-4-5-9-16(15)24(28)31/h4-5,8-9,11-12,14,19H,3,6-7,10,13H2,1-2H3,(H,27,29)/t14-,19-/m1/s1. The van der Waals surface area contributed by atoms with Crippen molar-refractivity contribution in [2.24, 2.45) is 5.92 Å². The SMILES string of the molecule is COc1cc(N2C(=O)c3ccccc3C2=O)c(Cl)cc1C(=O)OCC(=O)N[C@@H]1CCCC[C@H]1C. The molecule has 0 radical (unpaired) electrons. The predicted molar refractivity (Wildman–Crippen MR) is 125 cm³/mol. The number of hydrogen-bond acceptors (Lipinski definition) is 6. The third kappa shape index (κ3) is 4.50. The van der Waals surface area contributed by atoms with Crippen LogP contribution in [-0.4, -0.2) is 43.4 Å². The van der Waals surface area contributed by atoms with E-state index in [1.165, 1.54) is 19.2 Å². The Morgan fingerprint density at radius 2 is 1.74 bits per heavy atom. The number of benzene rings is 2. The Morgan fingerprint density at radius 3 is 2.35 bits per heavy atom. The highest BCUT2D eigenvalue weighted by Gasteiger charge is 2.38. The number of halogens is 1. The number of fused-ring (bicyclic) bond motifs is 1. The van der Waals surface area contributed by atoms with Crippen molar-refractivity contribution in [1.82, 2.24) is 5.32 Å². The van der Waals surface area contributed by atoms with Crippen LogP contribution in [0.15, 0.2) is 36.4 Å². The van der Waals surface area contributed by atoms with Crippen molar-refractivity contribution in [2.45, 2.75) is 38.6 Å². The van der Waals surface area contributed by atoms with Gasteiger partial charge in [0.1, 0.15) is 11.3 Å². The summed E-state index contributed by atoms with van der Waals surface area (Å²) in [6.45, 7) is 1.65. The number of nitrogens with one attached hydrogen (secondary N) is 1. The second-order valence-electron chi connectivity index (χ2n) is 8.51. The molecule has 1 saturated carbocycles. The van der Waals surface area contributed by atoms with Crippen molar-refractivity contribution in [3.8, 4) is 5.75 Å². The number of amides is 3. The molecule has 1 heterocycles. The highest BCUT2D eigenvalue weighted by Crippen LogP contribution is 2.38. The highest BCUT2D eigenvalue weighted by molar-refractivity contribution is 6.40. The van der Waals surface area contributed by atoms with Gasteiger partial charge in [0.05, 0.1) is 28.9 Å². The van der Waals surface area contributed by atoms with Crippen molar-refractivity contribution < 1.29 is 28.7 Å². The summed E-state index contributed by atoms with van der Waals surface area (Å²) in [5, 5.41) is 2.91. The van der Waals surface area contributed by atoms with Crippen LogP contribution in [0, 0.1) is 5.92 Å². The van der Waals surface area contributed by atoms with E-state index in [0.717, 1.165) is 30.6 Å². The third-order valence-electron chi connectivity index (χ3n) is 6.32. The molecule has 1 fully saturated rings. The van der Waals surface area contributed by atoms with Crippen LogP contribution >= 0.6 is 11.6 Å². The maximum absolute atomic E-state index is 12.8. The van der Waals surface area contributed by atoms with Gasteiger partial charge in [-0.05, 0) is 37.0 Å². The van der Waals surface area contributed by atoms with Gasteiger partial charge in [-0.25, -0.2) is 9.69 Å². The smallest absolute Gasteiger partial charge is 0.342 e. The minimum Gasteiger partial charge on any atom is -0.496 e. The molecule has 1 N–H and O–H groups in total. The number of nitrogens with zero attached hydrogens (tertiary/aromatic N) is 1. The molecule has 0 bridgehead atoms. The molecule has 3 amide bonds. The Labute approximate surface area is 202 Å². The number of carbonyl (C=O) groups excluding carboxylic acids is 4. The van der Waals surface area contributed by atoms with Crippen LogP contribution in [0.1, 0.15) is 63.7 Å². The number of imide groups is 1. The van der Waals surface area contributed by atoms with Gasteiger partial charge in [-0.3, -0.25) is 14.4 Å². The lowest BCUT2D eigenvalue weighted by atomic mass is 9.86. The van der Waals surface area contributed by atoms with Gasteiger partial charge in [0, 0.05) is 12.1 Å². The molecule has 1 aliphatic heterocycles. The zero-order chi connectivity index (χ0) is 24.4. The Morgan fingerprint density at radius 1 is 1.09 bits per heavy atom. The summed E-state index contributed by atoms with van der Waals surface area (Å²) in [6, 6.07) is 9.13. The van der Waals surface area contributed by atoms with E-state index in [9.17, 15) is 19.2 Å². The van der Waals surface area contributed by atoms with Crippen molar-refractivity contribution in [2.75, 3.05) is 18.6 Å². The maximum Gasteiger partial charge on any atom is 0.342 e. The first-order chi connectivity index (χ1) is 16.3. The van der Waals surface area contributed by atoms with Crippen LogP contribution in [-0.2, 0) is 9.53 Å². The van der Waals surface area contributed by atoms with E-state index in [-0.39, 0.29) is 45.1 Å². The molecule has 2 aromatic rings. The number of hydrogen-bond donors (Lipinski definition) is 1. The molecule has 0 spiro atoms. The van der Waals surface area contributed by atoms with Crippen molar-refractivity contribution >= 4 is 41.0 Å². The Bertz CT molecular complexity index is 1130. The maximum atomic E-state index is 12.8. The fourth-order valence-electron chi connectivity index (χ4n) is 4.44. The van der Waals surface area contributed by atoms with Crippen LogP contribution in [0.25, 0.3) is 0 Å². The van der Waals surface area contributed by atoms with E-state index in [4.69, 9.17) is 21.1 Å². The minimum absolute atomic E-state index is 0.0114. The number of methoxy groups -OCH3 is 1. The lowest BCUT2D eigenvalue weighted by Gasteiger charge is -2.29. The molecule has 1 aliphatic carbocycles. The van der Waals surface area contributed by atoms with Gasteiger partial charge < -0.3 is 14.8 Å². The normalized spacial score (nSPS) is 19.6. The number of ether oxygens (including phenoxy) is 2. The first-order valence-electron chi connectivity index (χ1n) is 11.1. The highest BCUT2D eigenvalue weighted by atomic mass is 35.5. The monoisotopic (exact) mass is 484 g/mol. The number of anilines is 1. The summed E-state index contributed by atoms with van der Waals surface area (Å²) < 4.78 is 10.5. The zero-order valence-corrected chi connectivity index (χ0v) is 19.7. The average molecular weight is 485 g/mol. The van der Waals surface area contributed by atoms with Gasteiger partial charge in [-0.1, -0.05) is 43.5 Å². The van der Waals surface area contributed by atoms with Crippen LogP contribution in [0.3, 0.4) is 0 Å².